The van der Waals surface area contributed by atoms with Gasteiger partial charge in [-0.05, 0) is 39.2 Å². The Labute approximate surface area is 115 Å². The molecule has 0 aliphatic rings. The number of carbonyl (C=O) groups excluding carboxylic acids is 1. The summed E-state index contributed by atoms with van der Waals surface area (Å²) in [6.07, 6.45) is -0.907. The molecule has 0 bridgehead atoms. The van der Waals surface area contributed by atoms with Crippen molar-refractivity contribution < 1.29 is 19.4 Å². The van der Waals surface area contributed by atoms with Crippen LogP contribution in [-0.4, -0.2) is 32.4 Å². The highest BCUT2D eigenvalue weighted by Crippen LogP contribution is 2.23. The van der Waals surface area contributed by atoms with E-state index in [0.29, 0.717) is 10.6 Å². The van der Waals surface area contributed by atoms with Crippen LogP contribution in [-0.2, 0) is 9.53 Å². The summed E-state index contributed by atoms with van der Waals surface area (Å²) < 4.78 is 8.85. The third kappa shape index (κ3) is 5.21. The van der Waals surface area contributed by atoms with Crippen molar-refractivity contribution in [3.05, 3.63) is 10.6 Å². The van der Waals surface area contributed by atoms with E-state index in [1.165, 1.54) is 0 Å². The van der Waals surface area contributed by atoms with Crippen LogP contribution in [0.15, 0.2) is 0 Å². The summed E-state index contributed by atoms with van der Waals surface area (Å²) in [6.45, 7) is 6.92. The Morgan fingerprint density at radius 1 is 1.47 bits per heavy atom. The number of carbonyl (C=O) groups is 2. The Morgan fingerprint density at radius 3 is 2.53 bits per heavy atom. The molecule has 0 saturated heterocycles. The maximum Gasteiger partial charge on any atom is 0.408 e. The first kappa shape index (κ1) is 15.4. The van der Waals surface area contributed by atoms with Gasteiger partial charge < -0.3 is 15.2 Å². The van der Waals surface area contributed by atoms with Gasteiger partial charge >= 0.3 is 12.1 Å². The molecule has 1 atom stereocenters. The third-order valence-electron chi connectivity index (χ3n) is 2.07. The van der Waals surface area contributed by atoms with Crippen LogP contribution in [0.3, 0.4) is 0 Å². The number of aliphatic carboxylic acids is 1. The summed E-state index contributed by atoms with van der Waals surface area (Å²) in [7, 11) is 0. The molecule has 0 spiro atoms. The van der Waals surface area contributed by atoms with Crippen molar-refractivity contribution in [1.82, 2.24) is 14.9 Å². The molecule has 19 heavy (non-hydrogen) atoms. The van der Waals surface area contributed by atoms with Gasteiger partial charge in [-0.25, -0.2) is 4.79 Å². The predicted molar refractivity (Wildman–Crippen MR) is 69.0 cm³/mol. The maximum atomic E-state index is 11.7. The molecule has 0 aliphatic heterocycles. The van der Waals surface area contributed by atoms with E-state index in [1.54, 1.807) is 27.7 Å². The Balaban J connectivity index is 2.79. The normalized spacial score (nSPS) is 12.8. The monoisotopic (exact) mass is 287 g/mol. The van der Waals surface area contributed by atoms with E-state index in [-0.39, 0.29) is 6.42 Å². The lowest BCUT2D eigenvalue weighted by Gasteiger charge is -2.22. The number of hydrogen-bond acceptors (Lipinski definition) is 6. The molecular formula is C11H17N3O4S. The van der Waals surface area contributed by atoms with Crippen LogP contribution in [0.2, 0.25) is 0 Å². The van der Waals surface area contributed by atoms with Crippen molar-refractivity contribution in [1.29, 1.82) is 0 Å². The molecule has 0 saturated carbocycles. The number of aryl methyl sites for hydroxylation is 1. The van der Waals surface area contributed by atoms with E-state index in [0.717, 1.165) is 11.5 Å². The van der Waals surface area contributed by atoms with Gasteiger partial charge in [0, 0.05) is 0 Å². The first-order valence-corrected chi connectivity index (χ1v) is 6.46. The minimum Gasteiger partial charge on any atom is -0.481 e. The van der Waals surface area contributed by atoms with Crippen LogP contribution in [0.5, 0.6) is 0 Å². The standard InChI is InChI=1S/C11H17N3O4S/c1-6-9(19-14-13-6)7(5-8(15)16)12-10(17)18-11(2,3)4/h7H,5H2,1-4H3,(H,12,17)(H,15,16)/t7-/m0/s1. The van der Waals surface area contributed by atoms with Crippen molar-refractivity contribution in [3.8, 4) is 0 Å². The third-order valence-corrected chi connectivity index (χ3v) is 3.01. The number of nitrogens with zero attached hydrogens (tertiary/aromatic N) is 2. The average Bonchev–Trinajstić information content (AvgIpc) is 2.59. The smallest absolute Gasteiger partial charge is 0.408 e. The largest absolute Gasteiger partial charge is 0.481 e. The number of alkyl carbamates (subject to hydrolysis) is 1. The van der Waals surface area contributed by atoms with Crippen molar-refractivity contribution >= 4 is 23.6 Å². The number of amides is 1. The molecule has 0 unspecified atom stereocenters. The molecule has 1 aromatic heterocycles. The van der Waals surface area contributed by atoms with Crippen LogP contribution in [0.4, 0.5) is 4.79 Å². The number of nitrogens with one attached hydrogen (secondary N) is 1. The lowest BCUT2D eigenvalue weighted by molar-refractivity contribution is -0.137. The quantitative estimate of drug-likeness (QED) is 0.876. The highest BCUT2D eigenvalue weighted by atomic mass is 32.1. The van der Waals surface area contributed by atoms with Gasteiger partial charge in [0.2, 0.25) is 0 Å². The fourth-order valence-corrected chi connectivity index (χ4v) is 2.08. The fraction of sp³-hybridized carbons (Fsp3) is 0.636. The second kappa shape index (κ2) is 5.96. The van der Waals surface area contributed by atoms with Gasteiger partial charge in [0.25, 0.3) is 0 Å². The molecule has 2 N–H and O–H groups in total. The Hall–Kier alpha value is -1.70. The lowest BCUT2D eigenvalue weighted by atomic mass is 10.1. The number of ether oxygens (including phenoxy) is 1. The molecule has 0 radical (unpaired) electrons. The lowest BCUT2D eigenvalue weighted by Crippen LogP contribution is -2.35. The SMILES string of the molecule is Cc1nnsc1[C@H](CC(=O)O)NC(=O)OC(C)(C)C. The summed E-state index contributed by atoms with van der Waals surface area (Å²) in [5.41, 5.74) is -0.0360. The highest BCUT2D eigenvalue weighted by Gasteiger charge is 2.25. The molecule has 106 valence electrons. The molecule has 1 heterocycles. The zero-order chi connectivity index (χ0) is 14.6. The van der Waals surface area contributed by atoms with E-state index >= 15 is 0 Å². The van der Waals surface area contributed by atoms with Gasteiger partial charge in [-0.3, -0.25) is 4.79 Å². The van der Waals surface area contributed by atoms with Crippen LogP contribution < -0.4 is 5.32 Å². The van der Waals surface area contributed by atoms with Crippen molar-refractivity contribution in [2.24, 2.45) is 0 Å². The van der Waals surface area contributed by atoms with Gasteiger partial charge in [-0.1, -0.05) is 4.49 Å². The average molecular weight is 287 g/mol. The molecular weight excluding hydrogens is 270 g/mol. The van der Waals surface area contributed by atoms with Gasteiger partial charge in [0.1, 0.15) is 5.60 Å². The molecule has 8 heteroatoms. The second-order valence-corrected chi connectivity index (χ2v) is 5.80. The first-order valence-electron chi connectivity index (χ1n) is 5.69. The number of hydrogen-bond donors (Lipinski definition) is 2. The molecule has 7 nitrogen and oxygen atoms in total. The van der Waals surface area contributed by atoms with Crippen molar-refractivity contribution in [2.45, 2.75) is 45.8 Å². The summed E-state index contributed by atoms with van der Waals surface area (Å²) >= 11 is 1.06. The topological polar surface area (TPSA) is 101 Å². The van der Waals surface area contributed by atoms with E-state index in [9.17, 15) is 9.59 Å². The molecule has 0 aliphatic carbocycles. The van der Waals surface area contributed by atoms with Gasteiger partial charge in [0.05, 0.1) is 23.0 Å². The number of carboxylic acid groups (broad SMARTS) is 1. The van der Waals surface area contributed by atoms with Crippen LogP contribution in [0.1, 0.15) is 43.8 Å². The van der Waals surface area contributed by atoms with Crippen molar-refractivity contribution in [3.63, 3.8) is 0 Å². The van der Waals surface area contributed by atoms with E-state index in [4.69, 9.17) is 9.84 Å². The molecule has 0 fully saturated rings. The maximum absolute atomic E-state index is 11.7. The minimum absolute atomic E-state index is 0.246. The van der Waals surface area contributed by atoms with Crippen LogP contribution in [0, 0.1) is 6.92 Å². The van der Waals surface area contributed by atoms with Crippen molar-refractivity contribution in [2.75, 3.05) is 0 Å². The van der Waals surface area contributed by atoms with Crippen LogP contribution >= 0.6 is 11.5 Å². The predicted octanol–water partition coefficient (Wildman–Crippen LogP) is 1.89. The minimum atomic E-state index is -1.02. The zero-order valence-electron chi connectivity index (χ0n) is 11.3. The second-order valence-electron chi connectivity index (χ2n) is 5.02. The van der Waals surface area contributed by atoms with E-state index in [2.05, 4.69) is 14.9 Å². The first-order chi connectivity index (χ1) is 8.69. The molecule has 1 aromatic rings. The molecule has 0 aromatic carbocycles. The fourth-order valence-electron chi connectivity index (χ4n) is 1.39. The number of carboxylic acids is 1. The molecule has 1 amide bonds. The highest BCUT2D eigenvalue weighted by molar-refractivity contribution is 7.05. The summed E-state index contributed by atoms with van der Waals surface area (Å²) in [5.74, 6) is -1.02. The Kier molecular flexibility index (Phi) is 4.82. The Bertz CT molecular complexity index is 467. The zero-order valence-corrected chi connectivity index (χ0v) is 12.1. The van der Waals surface area contributed by atoms with Gasteiger partial charge in [-0.2, -0.15) is 0 Å². The van der Waals surface area contributed by atoms with Gasteiger partial charge in [-0.15, -0.1) is 5.10 Å². The number of aromatic nitrogens is 2. The van der Waals surface area contributed by atoms with E-state index in [1.807, 2.05) is 0 Å². The summed E-state index contributed by atoms with van der Waals surface area (Å²) in [6, 6.07) is -0.688. The van der Waals surface area contributed by atoms with E-state index < -0.39 is 23.7 Å². The molecule has 1 rings (SSSR count). The Morgan fingerprint density at radius 2 is 2.11 bits per heavy atom. The van der Waals surface area contributed by atoms with Crippen LogP contribution in [0.25, 0.3) is 0 Å². The number of rotatable bonds is 4. The summed E-state index contributed by atoms with van der Waals surface area (Å²) in [4.78, 5) is 23.2. The summed E-state index contributed by atoms with van der Waals surface area (Å²) in [5, 5.41) is 15.2. The van der Waals surface area contributed by atoms with Gasteiger partial charge in [0.15, 0.2) is 0 Å².